The number of fused-ring (bicyclic) bond motifs is 2. The van der Waals surface area contributed by atoms with Crippen molar-refractivity contribution >= 4 is 67.6 Å². The van der Waals surface area contributed by atoms with Gasteiger partial charge in [0, 0.05) is 34.6 Å². The maximum atomic E-state index is 14.1. The number of unbranched alkanes of at least 4 members (excludes halogenated alkanes) is 1. The number of alkyl halides is 1. The molecule has 2 bridgehead atoms. The predicted molar refractivity (Wildman–Crippen MR) is 158 cm³/mol. The van der Waals surface area contributed by atoms with Gasteiger partial charge in [-0.05, 0) is 54.3 Å². The number of para-hydroxylation sites is 1. The van der Waals surface area contributed by atoms with E-state index in [2.05, 4.69) is 26.6 Å². The number of amides is 3. The minimum absolute atomic E-state index is 0.00596. The van der Waals surface area contributed by atoms with E-state index in [0.29, 0.717) is 37.2 Å². The second-order valence-corrected chi connectivity index (χ2v) is 13.2. The fraction of sp³-hybridized carbons (Fsp3) is 0.367. The lowest BCUT2D eigenvalue weighted by atomic mass is 9.70. The van der Waals surface area contributed by atoms with Gasteiger partial charge in [-0.2, -0.15) is 0 Å². The zero-order valence-corrected chi connectivity index (χ0v) is 23.7. The van der Waals surface area contributed by atoms with Gasteiger partial charge in [0.1, 0.15) is 6.04 Å². The molecule has 3 amide bonds. The maximum absolute atomic E-state index is 14.1. The van der Waals surface area contributed by atoms with E-state index >= 15 is 0 Å². The van der Waals surface area contributed by atoms with Gasteiger partial charge in [-0.25, -0.2) is 0 Å². The van der Waals surface area contributed by atoms with Gasteiger partial charge >= 0.3 is 0 Å². The van der Waals surface area contributed by atoms with Crippen LogP contribution >= 0.6 is 27.7 Å². The number of thioether (sulfide) groups is 1. The molecule has 1 spiro atoms. The van der Waals surface area contributed by atoms with E-state index in [1.165, 1.54) is 0 Å². The van der Waals surface area contributed by atoms with Crippen LogP contribution in [0.2, 0.25) is 0 Å². The molecule has 3 fully saturated rings. The van der Waals surface area contributed by atoms with Gasteiger partial charge < -0.3 is 20.6 Å². The minimum atomic E-state index is -0.718. The monoisotopic (exact) mass is 607 g/mol. The van der Waals surface area contributed by atoms with E-state index in [4.69, 9.17) is 0 Å². The van der Waals surface area contributed by atoms with Crippen molar-refractivity contribution < 1.29 is 19.5 Å². The van der Waals surface area contributed by atoms with Crippen LogP contribution in [0.1, 0.15) is 19.3 Å². The Balaban J connectivity index is 1.33. The second-order valence-electron chi connectivity index (χ2n) is 10.5. The summed E-state index contributed by atoms with van der Waals surface area (Å²) in [5.41, 5.74) is 1.36. The van der Waals surface area contributed by atoms with Crippen LogP contribution < -0.4 is 10.6 Å². The van der Waals surface area contributed by atoms with Crippen LogP contribution in [0.5, 0.6) is 0 Å². The Morgan fingerprint density at radius 3 is 2.44 bits per heavy atom. The van der Waals surface area contributed by atoms with Crippen LogP contribution in [-0.4, -0.2) is 61.7 Å². The third kappa shape index (κ3) is 4.54. The Hall–Kier alpha value is -2.88. The summed E-state index contributed by atoms with van der Waals surface area (Å²) in [5.74, 6) is -1.71. The predicted octanol–water partition coefficient (Wildman–Crippen LogP) is 4.65. The maximum Gasteiger partial charge on any atom is 0.248 e. The zero-order chi connectivity index (χ0) is 27.1. The lowest BCUT2D eigenvalue weighted by Crippen LogP contribution is -2.52. The molecule has 0 aromatic heterocycles. The fourth-order valence-electron chi connectivity index (χ4n) is 6.59. The molecule has 3 aromatic carbocycles. The number of hydrogen-bond acceptors (Lipinski definition) is 5. The summed E-state index contributed by atoms with van der Waals surface area (Å²) in [6, 6.07) is 22.3. The molecule has 0 radical (unpaired) electrons. The van der Waals surface area contributed by atoms with Gasteiger partial charge in [-0.3, -0.25) is 14.4 Å². The Labute approximate surface area is 239 Å². The summed E-state index contributed by atoms with van der Waals surface area (Å²) in [7, 11) is 0. The second kappa shape index (κ2) is 10.6. The first-order chi connectivity index (χ1) is 18.9. The number of nitrogens with one attached hydrogen (secondary N) is 2. The topological polar surface area (TPSA) is 98.7 Å². The van der Waals surface area contributed by atoms with Crippen molar-refractivity contribution in [2.24, 2.45) is 11.8 Å². The molecule has 39 heavy (non-hydrogen) atoms. The highest BCUT2D eigenvalue weighted by molar-refractivity contribution is 9.09. The third-order valence-electron chi connectivity index (χ3n) is 8.21. The van der Waals surface area contributed by atoms with E-state index in [-0.39, 0.29) is 34.4 Å². The van der Waals surface area contributed by atoms with Crippen molar-refractivity contribution in [1.29, 1.82) is 0 Å². The average molecular weight is 609 g/mol. The highest BCUT2D eigenvalue weighted by Gasteiger charge is 2.75. The van der Waals surface area contributed by atoms with Crippen molar-refractivity contribution in [2.45, 2.75) is 40.1 Å². The van der Waals surface area contributed by atoms with E-state index in [0.717, 1.165) is 10.8 Å². The van der Waals surface area contributed by atoms with Crippen molar-refractivity contribution in [3.05, 3.63) is 72.8 Å². The fourth-order valence-corrected chi connectivity index (χ4v) is 10.2. The van der Waals surface area contributed by atoms with Gasteiger partial charge in [0.05, 0.1) is 16.6 Å². The number of anilines is 2. The van der Waals surface area contributed by atoms with Gasteiger partial charge in [0.2, 0.25) is 17.7 Å². The van der Waals surface area contributed by atoms with Crippen molar-refractivity contribution in [2.75, 3.05) is 23.8 Å². The number of rotatable bonds is 8. The first-order valence-corrected chi connectivity index (χ1v) is 15.1. The minimum Gasteiger partial charge on any atom is -0.396 e. The number of carbonyl (C=O) groups is 3. The third-order valence-corrected chi connectivity index (χ3v) is 11.4. The Kier molecular flexibility index (Phi) is 7.16. The van der Waals surface area contributed by atoms with Crippen molar-refractivity contribution in [1.82, 2.24) is 4.90 Å². The number of likely N-dealkylation sites (tertiary alicyclic amines) is 1. The van der Waals surface area contributed by atoms with E-state index in [1.807, 2.05) is 72.8 Å². The van der Waals surface area contributed by atoms with Crippen LogP contribution in [0.3, 0.4) is 0 Å². The molecule has 3 N–H and O–H groups in total. The normalized spacial score (nSPS) is 29.0. The summed E-state index contributed by atoms with van der Waals surface area (Å²) in [5, 5.41) is 17.5. The highest BCUT2D eigenvalue weighted by atomic mass is 79.9. The number of aliphatic hydroxyl groups excluding tert-OH is 1. The number of aliphatic hydroxyl groups is 1. The quantitative estimate of drug-likeness (QED) is 0.256. The first-order valence-electron chi connectivity index (χ1n) is 13.3. The average Bonchev–Trinajstić information content (AvgIpc) is 3.52. The lowest BCUT2D eigenvalue weighted by molar-refractivity contribution is -0.138. The molecule has 0 saturated carbocycles. The van der Waals surface area contributed by atoms with Crippen LogP contribution in [-0.2, 0) is 14.4 Å². The first kappa shape index (κ1) is 26.3. The summed E-state index contributed by atoms with van der Waals surface area (Å²) in [6.07, 6.45) is 1.74. The van der Waals surface area contributed by atoms with E-state index in [9.17, 15) is 19.5 Å². The summed E-state index contributed by atoms with van der Waals surface area (Å²) >= 11 is 5.42. The summed E-state index contributed by atoms with van der Waals surface area (Å²) in [6.45, 7) is 0.381. The van der Waals surface area contributed by atoms with E-state index in [1.54, 1.807) is 16.7 Å². The molecule has 3 aliphatic rings. The number of nitrogens with zero attached hydrogens (tertiary/aromatic N) is 1. The van der Waals surface area contributed by atoms with Crippen molar-refractivity contribution in [3.63, 3.8) is 0 Å². The Bertz CT molecular complexity index is 1420. The molecule has 3 aromatic rings. The van der Waals surface area contributed by atoms with Crippen LogP contribution in [0.4, 0.5) is 11.4 Å². The molecule has 6 atom stereocenters. The Morgan fingerprint density at radius 1 is 0.949 bits per heavy atom. The molecule has 3 unspecified atom stereocenters. The molecule has 3 aliphatic heterocycles. The molecule has 3 saturated heterocycles. The summed E-state index contributed by atoms with van der Waals surface area (Å²) < 4.78 is -0.714. The Morgan fingerprint density at radius 2 is 1.67 bits per heavy atom. The van der Waals surface area contributed by atoms with Crippen LogP contribution in [0.15, 0.2) is 72.8 Å². The van der Waals surface area contributed by atoms with Gasteiger partial charge in [-0.15, -0.1) is 11.8 Å². The molecule has 3 heterocycles. The number of hydrogen-bond donors (Lipinski definition) is 3. The molecular weight excluding hydrogens is 578 g/mol. The largest absolute Gasteiger partial charge is 0.396 e. The molecule has 0 aliphatic carbocycles. The van der Waals surface area contributed by atoms with Gasteiger partial charge in [0.25, 0.3) is 0 Å². The smallest absolute Gasteiger partial charge is 0.248 e. The van der Waals surface area contributed by atoms with E-state index < -0.39 is 22.6 Å². The molecular formula is C30H30BrN3O4S. The molecule has 6 rings (SSSR count). The number of carbonyl (C=O) groups excluding carboxylic acids is 3. The van der Waals surface area contributed by atoms with Gasteiger partial charge in [0.15, 0.2) is 0 Å². The van der Waals surface area contributed by atoms with Gasteiger partial charge in [-0.1, -0.05) is 64.5 Å². The number of halogens is 1. The number of benzene rings is 3. The van der Waals surface area contributed by atoms with Crippen LogP contribution in [0, 0.1) is 11.8 Å². The molecule has 9 heteroatoms. The van der Waals surface area contributed by atoms with Crippen molar-refractivity contribution in [3.8, 4) is 0 Å². The standard InChI is InChI=1S/C30H30BrN3O4S/c31-22-17-30-24(23(25(22)39-30)27(36)32-20-10-2-1-3-11-20)29(38)34(14-6-7-15-35)26(30)28(37)33-21-13-12-18-8-4-5-9-19(18)16-21/h1-5,8-13,16,22-26,35H,6-7,14-15,17H2,(H,32,36)(H,33,37)/t22?,23-,24+,25-,26?,30?/m1/s1. The lowest BCUT2D eigenvalue weighted by Gasteiger charge is -2.35. The molecule has 7 nitrogen and oxygen atoms in total. The summed E-state index contributed by atoms with van der Waals surface area (Å²) in [4.78, 5) is 43.4. The van der Waals surface area contributed by atoms with Crippen LogP contribution in [0.25, 0.3) is 10.8 Å². The highest BCUT2D eigenvalue weighted by Crippen LogP contribution is 2.67. The zero-order valence-electron chi connectivity index (χ0n) is 21.3. The SMILES string of the molecule is O=C(Nc1ccc2ccccc2c1)C1N(CCCCO)C(=O)[C@@H]2[C@@H](C(=O)Nc3ccccc3)[C@@H]3SC12CC3Br. The molecule has 202 valence electrons.